The summed E-state index contributed by atoms with van der Waals surface area (Å²) in [5.74, 6) is -1.06. The molecule has 2 aliphatic rings. The number of aromatic nitrogens is 1. The lowest BCUT2D eigenvalue weighted by Crippen LogP contribution is -2.48. The highest BCUT2D eigenvalue weighted by atomic mass is 19.1. The zero-order valence-electron chi connectivity index (χ0n) is 19.3. The van der Waals surface area contributed by atoms with Crippen LogP contribution in [0.15, 0.2) is 42.6 Å². The van der Waals surface area contributed by atoms with Crippen LogP contribution >= 0.6 is 0 Å². The fraction of sp³-hybridized carbons (Fsp3) is 0.308. The maximum Gasteiger partial charge on any atom is 0.268 e. The summed E-state index contributed by atoms with van der Waals surface area (Å²) < 4.78 is 35.5. The van der Waals surface area contributed by atoms with E-state index < -0.39 is 17.7 Å². The SMILES string of the molecule is CC1Oc2c(F)cc(-c3cc(Nc4ccc5c(c4)CCNC5)ncc3F)cc2N(C(C)C)C1=O. The Morgan fingerprint density at radius 1 is 1.15 bits per heavy atom. The summed E-state index contributed by atoms with van der Waals surface area (Å²) in [5.41, 5.74) is 4.14. The topological polar surface area (TPSA) is 66.5 Å². The van der Waals surface area contributed by atoms with Gasteiger partial charge in [0.15, 0.2) is 17.7 Å². The Balaban J connectivity index is 1.52. The van der Waals surface area contributed by atoms with E-state index in [0.717, 1.165) is 31.4 Å². The Labute approximate surface area is 197 Å². The highest BCUT2D eigenvalue weighted by Crippen LogP contribution is 2.41. The number of hydrogen-bond donors (Lipinski definition) is 2. The van der Waals surface area contributed by atoms with Crippen LogP contribution in [0.3, 0.4) is 0 Å². The summed E-state index contributed by atoms with van der Waals surface area (Å²) in [4.78, 5) is 18.4. The first kappa shape index (κ1) is 22.3. The number of pyridine rings is 1. The number of anilines is 3. The van der Waals surface area contributed by atoms with Crippen LogP contribution in [0.2, 0.25) is 0 Å². The first-order valence-electron chi connectivity index (χ1n) is 11.4. The molecule has 3 aromatic rings. The summed E-state index contributed by atoms with van der Waals surface area (Å²) in [5, 5.41) is 6.57. The Bertz CT molecular complexity index is 1280. The van der Waals surface area contributed by atoms with E-state index >= 15 is 4.39 Å². The van der Waals surface area contributed by atoms with Gasteiger partial charge in [-0.25, -0.2) is 13.8 Å². The molecule has 2 aliphatic heterocycles. The molecule has 2 aromatic carbocycles. The lowest BCUT2D eigenvalue weighted by molar-refractivity contribution is -0.126. The molecule has 0 saturated carbocycles. The number of halogens is 2. The van der Waals surface area contributed by atoms with Gasteiger partial charge in [-0.1, -0.05) is 6.07 Å². The molecule has 0 saturated heterocycles. The minimum Gasteiger partial charge on any atom is -0.476 e. The molecule has 2 N–H and O–H groups in total. The molecule has 1 unspecified atom stereocenters. The quantitative estimate of drug-likeness (QED) is 0.573. The van der Waals surface area contributed by atoms with E-state index in [9.17, 15) is 9.18 Å². The maximum atomic E-state index is 15.1. The molecule has 5 rings (SSSR count). The molecule has 1 atom stereocenters. The molecule has 3 heterocycles. The molecule has 34 heavy (non-hydrogen) atoms. The normalized spacial score (nSPS) is 17.3. The van der Waals surface area contributed by atoms with E-state index in [0.29, 0.717) is 17.1 Å². The number of nitrogens with one attached hydrogen (secondary N) is 2. The average molecular weight is 465 g/mol. The molecule has 0 fully saturated rings. The van der Waals surface area contributed by atoms with E-state index in [1.165, 1.54) is 22.1 Å². The second-order valence-electron chi connectivity index (χ2n) is 8.95. The number of nitrogens with zero attached hydrogens (tertiary/aromatic N) is 2. The largest absolute Gasteiger partial charge is 0.476 e. The lowest BCUT2D eigenvalue weighted by Gasteiger charge is -2.36. The summed E-state index contributed by atoms with van der Waals surface area (Å²) in [6.45, 7) is 7.04. The molecule has 176 valence electrons. The van der Waals surface area contributed by atoms with E-state index in [-0.39, 0.29) is 23.3 Å². The van der Waals surface area contributed by atoms with Crippen molar-refractivity contribution in [3.63, 3.8) is 0 Å². The van der Waals surface area contributed by atoms with Gasteiger partial charge in [0.2, 0.25) is 0 Å². The van der Waals surface area contributed by atoms with Crippen molar-refractivity contribution in [2.24, 2.45) is 0 Å². The average Bonchev–Trinajstić information content (AvgIpc) is 2.81. The second-order valence-corrected chi connectivity index (χ2v) is 8.95. The van der Waals surface area contributed by atoms with Crippen LogP contribution in [0, 0.1) is 11.6 Å². The lowest BCUT2D eigenvalue weighted by atomic mass is 10.0. The third-order valence-electron chi connectivity index (χ3n) is 6.21. The van der Waals surface area contributed by atoms with Crippen molar-refractivity contribution in [1.82, 2.24) is 10.3 Å². The standard InChI is InChI=1S/C26H26F2N4O2/c1-14(2)32-23-10-18(9-21(27)25(23)34-15(3)26(32)33)20-11-24(30-13-22(20)28)31-19-5-4-17-12-29-7-6-16(17)8-19/h4-5,8-11,13-15,29H,6-7,12H2,1-3H3,(H,30,31). The Kier molecular flexibility index (Phi) is 5.69. The molecule has 0 aliphatic carbocycles. The highest BCUT2D eigenvalue weighted by molar-refractivity contribution is 6.01. The molecule has 0 radical (unpaired) electrons. The molecular formula is C26H26F2N4O2. The first-order chi connectivity index (χ1) is 16.3. The van der Waals surface area contributed by atoms with Crippen LogP contribution in [0.4, 0.5) is 26.0 Å². The summed E-state index contributed by atoms with van der Waals surface area (Å²) in [6.07, 6.45) is 1.25. The molecule has 1 amide bonds. The van der Waals surface area contributed by atoms with Crippen LogP contribution in [-0.2, 0) is 17.8 Å². The van der Waals surface area contributed by atoms with Crippen molar-refractivity contribution in [1.29, 1.82) is 0 Å². The third-order valence-corrected chi connectivity index (χ3v) is 6.21. The number of benzene rings is 2. The Morgan fingerprint density at radius 2 is 1.97 bits per heavy atom. The van der Waals surface area contributed by atoms with E-state index in [4.69, 9.17) is 4.74 Å². The van der Waals surface area contributed by atoms with Gasteiger partial charge in [-0.2, -0.15) is 0 Å². The van der Waals surface area contributed by atoms with Crippen molar-refractivity contribution >= 4 is 23.1 Å². The van der Waals surface area contributed by atoms with Gasteiger partial charge < -0.3 is 20.3 Å². The number of carbonyl (C=O) groups is 1. The molecule has 1 aromatic heterocycles. The fourth-order valence-corrected chi connectivity index (χ4v) is 4.54. The van der Waals surface area contributed by atoms with Gasteiger partial charge in [0, 0.05) is 23.8 Å². The molecule has 0 bridgehead atoms. The van der Waals surface area contributed by atoms with Crippen molar-refractivity contribution in [3.8, 4) is 16.9 Å². The monoisotopic (exact) mass is 464 g/mol. The zero-order valence-corrected chi connectivity index (χ0v) is 19.3. The Morgan fingerprint density at radius 3 is 2.76 bits per heavy atom. The molecular weight excluding hydrogens is 438 g/mol. The van der Waals surface area contributed by atoms with Gasteiger partial charge in [-0.15, -0.1) is 0 Å². The van der Waals surface area contributed by atoms with Gasteiger partial charge in [0.1, 0.15) is 11.6 Å². The number of fused-ring (bicyclic) bond motifs is 2. The van der Waals surface area contributed by atoms with E-state index in [2.05, 4.69) is 27.8 Å². The van der Waals surface area contributed by atoms with Crippen LogP contribution in [0.5, 0.6) is 5.75 Å². The van der Waals surface area contributed by atoms with Crippen LogP contribution in [0.1, 0.15) is 31.9 Å². The Hall–Kier alpha value is -3.52. The van der Waals surface area contributed by atoms with Gasteiger partial charge in [-0.05, 0) is 80.8 Å². The van der Waals surface area contributed by atoms with Crippen LogP contribution in [0.25, 0.3) is 11.1 Å². The summed E-state index contributed by atoms with van der Waals surface area (Å²) in [7, 11) is 0. The van der Waals surface area contributed by atoms with Crippen LogP contribution < -0.4 is 20.3 Å². The highest BCUT2D eigenvalue weighted by Gasteiger charge is 2.35. The van der Waals surface area contributed by atoms with E-state index in [1.807, 2.05) is 19.9 Å². The minimum atomic E-state index is -0.795. The third kappa shape index (κ3) is 3.98. The van der Waals surface area contributed by atoms with Crippen molar-refractivity contribution < 1.29 is 18.3 Å². The maximum absolute atomic E-state index is 15.1. The van der Waals surface area contributed by atoms with Gasteiger partial charge in [-0.3, -0.25) is 4.79 Å². The first-order valence-corrected chi connectivity index (χ1v) is 11.4. The number of carbonyl (C=O) groups excluding carboxylic acids is 1. The second kappa shape index (κ2) is 8.68. The fourth-order valence-electron chi connectivity index (χ4n) is 4.54. The van der Waals surface area contributed by atoms with Gasteiger partial charge in [0.25, 0.3) is 5.91 Å². The van der Waals surface area contributed by atoms with Crippen molar-refractivity contribution in [2.45, 2.75) is 45.9 Å². The summed E-state index contributed by atoms with van der Waals surface area (Å²) in [6, 6.07) is 10.2. The predicted octanol–water partition coefficient (Wildman–Crippen LogP) is 4.94. The number of rotatable bonds is 4. The van der Waals surface area contributed by atoms with E-state index in [1.54, 1.807) is 19.1 Å². The zero-order chi connectivity index (χ0) is 24.0. The van der Waals surface area contributed by atoms with Crippen molar-refractivity contribution in [2.75, 3.05) is 16.8 Å². The molecule has 0 spiro atoms. The van der Waals surface area contributed by atoms with Crippen LogP contribution in [-0.4, -0.2) is 29.6 Å². The number of hydrogen-bond acceptors (Lipinski definition) is 5. The summed E-state index contributed by atoms with van der Waals surface area (Å²) >= 11 is 0. The minimum absolute atomic E-state index is 0.000844. The van der Waals surface area contributed by atoms with Gasteiger partial charge in [0.05, 0.1) is 11.9 Å². The molecule has 8 heteroatoms. The van der Waals surface area contributed by atoms with Gasteiger partial charge >= 0.3 is 0 Å². The number of amides is 1. The predicted molar refractivity (Wildman–Crippen MR) is 127 cm³/mol. The smallest absolute Gasteiger partial charge is 0.268 e. The molecule has 6 nitrogen and oxygen atoms in total. The number of ether oxygens (including phenoxy) is 1. The van der Waals surface area contributed by atoms with Crippen molar-refractivity contribution in [3.05, 3.63) is 65.4 Å².